The van der Waals surface area contributed by atoms with Gasteiger partial charge in [0.05, 0.1) is 0 Å². The molecule has 3 atom stereocenters. The van der Waals surface area contributed by atoms with Gasteiger partial charge in [-0.05, 0) is 44.9 Å². The smallest absolute Gasteiger partial charge is 0.252 e. The van der Waals surface area contributed by atoms with Gasteiger partial charge in [0.25, 0.3) is 5.91 Å². The van der Waals surface area contributed by atoms with E-state index in [1.807, 2.05) is 61.3 Å². The summed E-state index contributed by atoms with van der Waals surface area (Å²) in [5.41, 5.74) is 8.74. The van der Waals surface area contributed by atoms with Crippen LogP contribution in [0.2, 0.25) is 0 Å². The van der Waals surface area contributed by atoms with Gasteiger partial charge >= 0.3 is 0 Å². The summed E-state index contributed by atoms with van der Waals surface area (Å²) in [4.78, 5) is 15.3. The summed E-state index contributed by atoms with van der Waals surface area (Å²) >= 11 is 0. The summed E-state index contributed by atoms with van der Waals surface area (Å²) in [7, 11) is 1.88. The summed E-state index contributed by atoms with van der Waals surface area (Å²) in [6.07, 6.45) is 1.01. The van der Waals surface area contributed by atoms with E-state index in [2.05, 4.69) is 42.1 Å². The normalized spacial score (nSPS) is 21.5. The highest BCUT2D eigenvalue weighted by atomic mass is 16.2. The molecule has 0 aliphatic carbocycles. The van der Waals surface area contributed by atoms with Crippen molar-refractivity contribution in [2.24, 2.45) is 0 Å². The number of rotatable bonds is 6. The van der Waals surface area contributed by atoms with Crippen LogP contribution in [0.25, 0.3) is 0 Å². The molecule has 27 heavy (non-hydrogen) atoms. The average molecular weight is 367 g/mol. The fraction of sp³-hybridized carbons (Fsp3) is 0.409. The van der Waals surface area contributed by atoms with Crippen molar-refractivity contribution in [1.29, 1.82) is 0 Å². The van der Waals surface area contributed by atoms with E-state index in [9.17, 15) is 4.79 Å². The predicted molar refractivity (Wildman–Crippen MR) is 110 cm³/mol. The van der Waals surface area contributed by atoms with Crippen LogP contribution >= 0.6 is 0 Å². The topological polar surface area (TPSA) is 56.4 Å². The molecule has 1 aliphatic rings. The van der Waals surface area contributed by atoms with E-state index in [-0.39, 0.29) is 11.9 Å². The van der Waals surface area contributed by atoms with Crippen molar-refractivity contribution >= 4 is 11.6 Å². The van der Waals surface area contributed by atoms with Crippen molar-refractivity contribution in [2.45, 2.75) is 44.8 Å². The minimum absolute atomic E-state index is 0.0515. The molecule has 0 saturated carbocycles. The van der Waals surface area contributed by atoms with Crippen LogP contribution in [0.15, 0.2) is 54.6 Å². The molecule has 3 N–H and O–H groups in total. The Morgan fingerprint density at radius 2 is 1.81 bits per heavy atom. The molecule has 1 amide bonds. The molecule has 0 radical (unpaired) electrons. The average Bonchev–Trinajstić information content (AvgIpc) is 3.08. The molecule has 2 aromatic carbocycles. The Kier molecular flexibility index (Phi) is 5.82. The number of likely N-dealkylation sites (N-methyl/N-ethyl adjacent to an activating group) is 1. The molecule has 5 nitrogen and oxygen atoms in total. The molecule has 3 unspecified atom stereocenters. The first kappa shape index (κ1) is 19.4. The zero-order chi connectivity index (χ0) is 19.4. The molecule has 0 aromatic heterocycles. The van der Waals surface area contributed by atoms with Gasteiger partial charge in [-0.2, -0.15) is 0 Å². The van der Waals surface area contributed by atoms with Gasteiger partial charge in [-0.1, -0.05) is 48.0 Å². The molecule has 5 heteroatoms. The number of benzene rings is 2. The maximum Gasteiger partial charge on any atom is 0.252 e. The van der Waals surface area contributed by atoms with Crippen molar-refractivity contribution in [3.8, 4) is 0 Å². The standard InChI is InChI=1S/C22H30N4O/c1-16-10-12-19(13-11-16)23-22(3,18-8-6-5-7-9-18)21(27)26(4)15-20-14-17(2)24-25-20/h5-13,17,20,23-25H,14-15H2,1-4H3. The lowest BCUT2D eigenvalue weighted by atomic mass is 9.89. The van der Waals surface area contributed by atoms with Crippen molar-refractivity contribution in [2.75, 3.05) is 18.9 Å². The second kappa shape index (κ2) is 8.11. The lowest BCUT2D eigenvalue weighted by molar-refractivity contribution is -0.134. The zero-order valence-electron chi connectivity index (χ0n) is 16.6. The number of hydrogen-bond donors (Lipinski definition) is 3. The number of nitrogens with one attached hydrogen (secondary N) is 3. The zero-order valence-corrected chi connectivity index (χ0v) is 16.6. The highest BCUT2D eigenvalue weighted by molar-refractivity contribution is 5.90. The van der Waals surface area contributed by atoms with Crippen LogP contribution in [0.3, 0.4) is 0 Å². The number of carbonyl (C=O) groups is 1. The molecule has 1 saturated heterocycles. The van der Waals surface area contributed by atoms with E-state index in [0.29, 0.717) is 12.6 Å². The lowest BCUT2D eigenvalue weighted by Gasteiger charge is -2.35. The molecule has 2 aromatic rings. The second-order valence-corrected chi connectivity index (χ2v) is 7.79. The Labute approximate surface area is 162 Å². The predicted octanol–water partition coefficient (Wildman–Crippen LogP) is 3.04. The van der Waals surface area contributed by atoms with E-state index in [0.717, 1.165) is 17.7 Å². The first-order chi connectivity index (χ1) is 12.9. The third-order valence-electron chi connectivity index (χ3n) is 5.24. The maximum absolute atomic E-state index is 13.5. The molecular formula is C22H30N4O. The maximum atomic E-state index is 13.5. The minimum Gasteiger partial charge on any atom is -0.368 e. The van der Waals surface area contributed by atoms with Crippen LogP contribution in [0.5, 0.6) is 0 Å². The van der Waals surface area contributed by atoms with Gasteiger partial charge < -0.3 is 10.2 Å². The first-order valence-electron chi connectivity index (χ1n) is 9.55. The number of nitrogens with zero attached hydrogens (tertiary/aromatic N) is 1. The summed E-state index contributed by atoms with van der Waals surface area (Å²) in [6.45, 7) is 6.82. The molecular weight excluding hydrogens is 336 g/mol. The Morgan fingerprint density at radius 1 is 1.15 bits per heavy atom. The van der Waals surface area contributed by atoms with Gasteiger partial charge in [0.1, 0.15) is 5.54 Å². The Bertz CT molecular complexity index is 762. The number of amides is 1. The van der Waals surface area contributed by atoms with Crippen LogP contribution in [0.4, 0.5) is 5.69 Å². The Balaban J connectivity index is 1.84. The van der Waals surface area contributed by atoms with Gasteiger partial charge in [0, 0.05) is 31.4 Å². The molecule has 0 spiro atoms. The summed E-state index contributed by atoms with van der Waals surface area (Å²) in [5, 5.41) is 3.49. The lowest BCUT2D eigenvalue weighted by Crippen LogP contribution is -2.51. The van der Waals surface area contributed by atoms with Crippen LogP contribution < -0.4 is 16.2 Å². The van der Waals surface area contributed by atoms with Crippen LogP contribution in [0, 0.1) is 6.92 Å². The number of aryl methyl sites for hydroxylation is 1. The number of hydrazine groups is 1. The number of carbonyl (C=O) groups excluding carboxylic acids is 1. The fourth-order valence-electron chi connectivity index (χ4n) is 3.67. The summed E-state index contributed by atoms with van der Waals surface area (Å²) in [5.74, 6) is 0.0515. The van der Waals surface area contributed by atoms with Gasteiger partial charge in [-0.3, -0.25) is 15.6 Å². The van der Waals surface area contributed by atoms with E-state index in [1.165, 1.54) is 5.56 Å². The first-order valence-corrected chi connectivity index (χ1v) is 9.55. The van der Waals surface area contributed by atoms with Crippen LogP contribution in [-0.2, 0) is 10.3 Å². The van der Waals surface area contributed by atoms with Gasteiger partial charge in [0.2, 0.25) is 0 Å². The van der Waals surface area contributed by atoms with Crippen molar-refractivity contribution < 1.29 is 4.79 Å². The highest BCUT2D eigenvalue weighted by Gasteiger charge is 2.38. The Hall–Kier alpha value is -2.37. The molecule has 1 fully saturated rings. The van der Waals surface area contributed by atoms with Gasteiger partial charge in [-0.15, -0.1) is 0 Å². The molecule has 3 rings (SSSR count). The monoisotopic (exact) mass is 366 g/mol. The summed E-state index contributed by atoms with van der Waals surface area (Å²) < 4.78 is 0. The summed E-state index contributed by atoms with van der Waals surface area (Å²) in [6, 6.07) is 18.8. The minimum atomic E-state index is -0.844. The Morgan fingerprint density at radius 3 is 2.41 bits per heavy atom. The molecule has 144 valence electrons. The third kappa shape index (κ3) is 4.49. The van der Waals surface area contributed by atoms with E-state index >= 15 is 0 Å². The highest BCUT2D eigenvalue weighted by Crippen LogP contribution is 2.28. The van der Waals surface area contributed by atoms with Crippen LogP contribution in [-0.4, -0.2) is 36.5 Å². The quantitative estimate of drug-likeness (QED) is 0.736. The van der Waals surface area contributed by atoms with E-state index in [4.69, 9.17) is 0 Å². The second-order valence-electron chi connectivity index (χ2n) is 7.79. The molecule has 1 heterocycles. The SMILES string of the molecule is Cc1ccc(NC(C)(C(=O)N(C)CC2CC(C)NN2)c2ccccc2)cc1. The van der Waals surface area contributed by atoms with Crippen molar-refractivity contribution in [3.63, 3.8) is 0 Å². The van der Waals surface area contributed by atoms with Crippen molar-refractivity contribution in [3.05, 3.63) is 65.7 Å². The molecule has 1 aliphatic heterocycles. The van der Waals surface area contributed by atoms with E-state index in [1.54, 1.807) is 0 Å². The van der Waals surface area contributed by atoms with Crippen molar-refractivity contribution in [1.82, 2.24) is 15.8 Å². The third-order valence-corrected chi connectivity index (χ3v) is 5.24. The number of hydrogen-bond acceptors (Lipinski definition) is 4. The van der Waals surface area contributed by atoms with E-state index < -0.39 is 5.54 Å². The van der Waals surface area contributed by atoms with Crippen LogP contribution in [0.1, 0.15) is 31.4 Å². The molecule has 0 bridgehead atoms. The van der Waals surface area contributed by atoms with Gasteiger partial charge in [0.15, 0.2) is 0 Å². The largest absolute Gasteiger partial charge is 0.368 e. The van der Waals surface area contributed by atoms with Gasteiger partial charge in [-0.25, -0.2) is 0 Å². The fourth-order valence-corrected chi connectivity index (χ4v) is 3.67. The number of anilines is 1.